The van der Waals surface area contributed by atoms with E-state index in [1.54, 1.807) is 41.8 Å². The van der Waals surface area contributed by atoms with Gasteiger partial charge in [-0.25, -0.2) is 5.43 Å². The molecule has 0 aliphatic carbocycles. The number of benzene rings is 1. The van der Waals surface area contributed by atoms with Crippen LogP contribution in [-0.2, 0) is 4.79 Å². The van der Waals surface area contributed by atoms with Gasteiger partial charge in [-0.1, -0.05) is 13.3 Å². The van der Waals surface area contributed by atoms with Crippen molar-refractivity contribution >= 4 is 35.1 Å². The van der Waals surface area contributed by atoms with E-state index in [0.717, 1.165) is 23.3 Å². The third-order valence-electron chi connectivity index (χ3n) is 3.44. The number of hydrazone groups is 1. The lowest BCUT2D eigenvalue weighted by Gasteiger charge is -2.05. The number of amides is 2. The molecule has 1 heterocycles. The lowest BCUT2D eigenvalue weighted by Crippen LogP contribution is -2.17. The molecule has 2 N–H and O–H groups in total. The molecule has 6 heteroatoms. The number of hydrogen-bond acceptors (Lipinski definition) is 4. The zero-order valence-electron chi connectivity index (χ0n) is 13.8. The van der Waals surface area contributed by atoms with Crippen molar-refractivity contribution in [3.63, 3.8) is 0 Å². The number of unbranched alkanes of at least 4 members (excludes halogenated alkanes) is 1. The van der Waals surface area contributed by atoms with Crippen molar-refractivity contribution in [3.05, 3.63) is 51.7 Å². The Hall–Kier alpha value is -2.47. The molecule has 2 amide bonds. The highest BCUT2D eigenvalue weighted by Crippen LogP contribution is 2.13. The van der Waals surface area contributed by atoms with Crippen molar-refractivity contribution in [2.45, 2.75) is 33.1 Å². The lowest BCUT2D eigenvalue weighted by atomic mass is 10.2. The second-order valence-corrected chi connectivity index (χ2v) is 6.34. The van der Waals surface area contributed by atoms with E-state index in [4.69, 9.17) is 0 Å². The van der Waals surface area contributed by atoms with Crippen molar-refractivity contribution in [1.29, 1.82) is 0 Å². The summed E-state index contributed by atoms with van der Waals surface area (Å²) < 4.78 is 0. The van der Waals surface area contributed by atoms with Crippen LogP contribution in [0.15, 0.2) is 40.8 Å². The summed E-state index contributed by atoms with van der Waals surface area (Å²) in [6.07, 6.45) is 4.00. The maximum Gasteiger partial charge on any atom is 0.271 e. The standard InChI is InChI=1S/C18H21N3O2S/c1-3-4-5-17(22)20-15-8-6-14(7-9-15)18(23)21-19-12-16-13(2)10-11-24-16/h6-12H,3-5H2,1-2H3,(H,20,22)(H,21,23). The van der Waals surface area contributed by atoms with Crippen LogP contribution in [0.3, 0.4) is 0 Å². The Morgan fingerprint density at radius 2 is 1.96 bits per heavy atom. The molecule has 1 aromatic carbocycles. The Labute approximate surface area is 145 Å². The van der Waals surface area contributed by atoms with E-state index < -0.39 is 0 Å². The van der Waals surface area contributed by atoms with Crippen molar-refractivity contribution in [2.75, 3.05) is 5.32 Å². The van der Waals surface area contributed by atoms with Gasteiger partial charge in [-0.2, -0.15) is 5.10 Å². The van der Waals surface area contributed by atoms with Crippen LogP contribution in [0.1, 0.15) is 47.0 Å². The zero-order chi connectivity index (χ0) is 17.4. The monoisotopic (exact) mass is 343 g/mol. The van der Waals surface area contributed by atoms with Crippen LogP contribution in [-0.4, -0.2) is 18.0 Å². The summed E-state index contributed by atoms with van der Waals surface area (Å²) in [6.45, 7) is 4.04. The number of carbonyl (C=O) groups is 2. The highest BCUT2D eigenvalue weighted by molar-refractivity contribution is 7.11. The van der Waals surface area contributed by atoms with E-state index in [1.165, 1.54) is 0 Å². The number of thiophene rings is 1. The summed E-state index contributed by atoms with van der Waals surface area (Å²) in [5, 5.41) is 8.76. The molecule has 24 heavy (non-hydrogen) atoms. The van der Waals surface area contributed by atoms with Crippen LogP contribution < -0.4 is 10.7 Å². The third-order valence-corrected chi connectivity index (χ3v) is 4.39. The first-order valence-corrected chi connectivity index (χ1v) is 8.75. The Morgan fingerprint density at radius 1 is 1.21 bits per heavy atom. The van der Waals surface area contributed by atoms with Gasteiger partial charge in [0.25, 0.3) is 5.91 Å². The van der Waals surface area contributed by atoms with Crippen LogP contribution in [0.25, 0.3) is 0 Å². The summed E-state index contributed by atoms with van der Waals surface area (Å²) in [5.41, 5.74) is 4.80. The molecule has 0 aliphatic rings. The van der Waals surface area contributed by atoms with Gasteiger partial charge >= 0.3 is 0 Å². The third kappa shape index (κ3) is 5.31. The minimum absolute atomic E-state index is 0.00929. The molecular weight excluding hydrogens is 322 g/mol. The largest absolute Gasteiger partial charge is 0.326 e. The quantitative estimate of drug-likeness (QED) is 0.590. The zero-order valence-corrected chi connectivity index (χ0v) is 14.7. The molecule has 0 unspecified atom stereocenters. The summed E-state index contributed by atoms with van der Waals surface area (Å²) >= 11 is 1.57. The minimum Gasteiger partial charge on any atom is -0.326 e. The lowest BCUT2D eigenvalue weighted by molar-refractivity contribution is -0.116. The summed E-state index contributed by atoms with van der Waals surface area (Å²) in [6, 6.07) is 8.76. The van der Waals surface area contributed by atoms with Crippen LogP contribution in [0.2, 0.25) is 0 Å². The maximum atomic E-state index is 12.0. The SMILES string of the molecule is CCCCC(=O)Nc1ccc(C(=O)NN=Cc2sccc2C)cc1. The van der Waals surface area contributed by atoms with Crippen molar-refractivity contribution in [3.8, 4) is 0 Å². The van der Waals surface area contributed by atoms with E-state index in [2.05, 4.69) is 15.8 Å². The first-order chi connectivity index (χ1) is 11.6. The molecule has 0 radical (unpaired) electrons. The highest BCUT2D eigenvalue weighted by Gasteiger charge is 2.06. The fourth-order valence-corrected chi connectivity index (χ4v) is 2.78. The number of anilines is 1. The molecule has 0 saturated carbocycles. The average Bonchev–Trinajstić information content (AvgIpc) is 2.98. The second-order valence-electron chi connectivity index (χ2n) is 5.40. The molecule has 0 saturated heterocycles. The Balaban J connectivity index is 1.88. The van der Waals surface area contributed by atoms with Crippen LogP contribution in [0.4, 0.5) is 5.69 Å². The predicted octanol–water partition coefficient (Wildman–Crippen LogP) is 3.95. The summed E-state index contributed by atoms with van der Waals surface area (Å²) in [4.78, 5) is 24.7. The van der Waals surface area contributed by atoms with Crippen LogP contribution in [0, 0.1) is 6.92 Å². The number of aryl methyl sites for hydroxylation is 1. The average molecular weight is 343 g/mol. The van der Waals surface area contributed by atoms with Crippen molar-refractivity contribution in [1.82, 2.24) is 5.43 Å². The van der Waals surface area contributed by atoms with Gasteiger partial charge in [-0.05, 0) is 54.6 Å². The number of nitrogens with zero attached hydrogens (tertiary/aromatic N) is 1. The molecule has 0 aliphatic heterocycles. The first kappa shape index (κ1) is 17.9. The summed E-state index contributed by atoms with van der Waals surface area (Å²) in [5.74, 6) is -0.297. The van der Waals surface area contributed by atoms with E-state index in [0.29, 0.717) is 17.7 Å². The molecule has 2 rings (SSSR count). The number of rotatable bonds is 7. The Bertz CT molecular complexity index is 720. The Kier molecular flexibility index (Phi) is 6.69. The van der Waals surface area contributed by atoms with Gasteiger partial charge in [-0.3, -0.25) is 9.59 Å². The van der Waals surface area contributed by atoms with E-state index >= 15 is 0 Å². The van der Waals surface area contributed by atoms with Crippen molar-refractivity contribution < 1.29 is 9.59 Å². The van der Waals surface area contributed by atoms with Crippen LogP contribution in [0.5, 0.6) is 0 Å². The van der Waals surface area contributed by atoms with Gasteiger partial charge in [0.15, 0.2) is 0 Å². The van der Waals surface area contributed by atoms with Crippen molar-refractivity contribution in [2.24, 2.45) is 5.10 Å². The molecule has 5 nitrogen and oxygen atoms in total. The molecular formula is C18H21N3O2S. The van der Waals surface area contributed by atoms with Gasteiger partial charge in [-0.15, -0.1) is 11.3 Å². The number of nitrogens with one attached hydrogen (secondary N) is 2. The van der Waals surface area contributed by atoms with Gasteiger partial charge in [0, 0.05) is 22.5 Å². The van der Waals surface area contributed by atoms with Crippen LogP contribution >= 0.6 is 11.3 Å². The second kappa shape index (κ2) is 8.98. The molecule has 0 fully saturated rings. The Morgan fingerprint density at radius 3 is 2.58 bits per heavy atom. The smallest absolute Gasteiger partial charge is 0.271 e. The minimum atomic E-state index is -0.288. The predicted molar refractivity (Wildman–Crippen MR) is 98.7 cm³/mol. The normalized spacial score (nSPS) is 10.8. The molecule has 0 bridgehead atoms. The molecule has 0 atom stereocenters. The van der Waals surface area contributed by atoms with Gasteiger partial charge < -0.3 is 5.32 Å². The van der Waals surface area contributed by atoms with Gasteiger partial charge in [0.05, 0.1) is 6.21 Å². The van der Waals surface area contributed by atoms with E-state index in [1.807, 2.05) is 25.3 Å². The van der Waals surface area contributed by atoms with Gasteiger partial charge in [0.2, 0.25) is 5.91 Å². The fourth-order valence-electron chi connectivity index (χ4n) is 2.00. The molecule has 2 aromatic rings. The van der Waals surface area contributed by atoms with Gasteiger partial charge in [0.1, 0.15) is 0 Å². The molecule has 0 spiro atoms. The molecule has 1 aromatic heterocycles. The number of hydrogen-bond donors (Lipinski definition) is 2. The summed E-state index contributed by atoms with van der Waals surface area (Å²) in [7, 11) is 0. The van der Waals surface area contributed by atoms with E-state index in [-0.39, 0.29) is 11.8 Å². The number of carbonyl (C=O) groups excluding carboxylic acids is 2. The highest BCUT2D eigenvalue weighted by atomic mass is 32.1. The molecule has 126 valence electrons. The topological polar surface area (TPSA) is 70.6 Å². The fraction of sp³-hybridized carbons (Fsp3) is 0.278. The maximum absolute atomic E-state index is 12.0. The first-order valence-electron chi connectivity index (χ1n) is 7.87. The van der Waals surface area contributed by atoms with E-state index in [9.17, 15) is 9.59 Å².